The highest BCUT2D eigenvalue weighted by Crippen LogP contribution is 2.19. The smallest absolute Gasteiger partial charge is 0.323 e. The van der Waals surface area contributed by atoms with E-state index in [1.54, 1.807) is 0 Å². The zero-order valence-electron chi connectivity index (χ0n) is 11.9. The summed E-state index contributed by atoms with van der Waals surface area (Å²) in [5, 5.41) is 8.91. The van der Waals surface area contributed by atoms with Gasteiger partial charge >= 0.3 is 6.03 Å². The first-order chi connectivity index (χ1) is 10.2. The number of anilines is 2. The van der Waals surface area contributed by atoms with Gasteiger partial charge in [0.1, 0.15) is 0 Å². The molecule has 3 rings (SSSR count). The van der Waals surface area contributed by atoms with Gasteiger partial charge in [0.05, 0.1) is 5.69 Å². The first kappa shape index (κ1) is 13.9. The van der Waals surface area contributed by atoms with Gasteiger partial charge < -0.3 is 10.2 Å². The van der Waals surface area contributed by atoms with Crippen LogP contribution in [0.25, 0.3) is 0 Å². The van der Waals surface area contributed by atoms with Crippen molar-refractivity contribution in [3.05, 3.63) is 41.4 Å². The maximum Gasteiger partial charge on any atom is 0.323 e. The number of benzene rings is 1. The molecule has 2 N–H and O–H groups in total. The molecule has 1 saturated heterocycles. The van der Waals surface area contributed by atoms with Crippen molar-refractivity contribution in [2.45, 2.75) is 19.4 Å². The van der Waals surface area contributed by atoms with Crippen molar-refractivity contribution in [2.75, 3.05) is 23.7 Å². The van der Waals surface area contributed by atoms with Gasteiger partial charge in [-0.3, -0.25) is 5.32 Å². The van der Waals surface area contributed by atoms with E-state index >= 15 is 0 Å². The van der Waals surface area contributed by atoms with Gasteiger partial charge in [-0.2, -0.15) is 0 Å². The van der Waals surface area contributed by atoms with Crippen LogP contribution in [-0.2, 0) is 0 Å². The van der Waals surface area contributed by atoms with Gasteiger partial charge in [0.2, 0.25) is 0 Å². The minimum Gasteiger partial charge on any atom is -0.380 e. The van der Waals surface area contributed by atoms with Gasteiger partial charge in [-0.25, -0.2) is 9.78 Å². The molecule has 5 nitrogen and oxygen atoms in total. The predicted molar refractivity (Wildman–Crippen MR) is 85.9 cm³/mol. The number of amides is 2. The largest absolute Gasteiger partial charge is 0.380 e. The molecule has 1 atom stereocenters. The summed E-state index contributed by atoms with van der Waals surface area (Å²) in [6.07, 6.45) is 0.958. The first-order valence-electron chi connectivity index (χ1n) is 7.00. The molecule has 2 heterocycles. The number of urea groups is 1. The zero-order chi connectivity index (χ0) is 14.7. The molecule has 1 aliphatic rings. The lowest BCUT2D eigenvalue weighted by molar-refractivity contribution is 0.222. The Bertz CT molecular complexity index is 613. The quantitative estimate of drug-likeness (QED) is 0.915. The number of hydrogen-bond acceptors (Lipinski definition) is 4. The van der Waals surface area contributed by atoms with Crippen LogP contribution in [0.2, 0.25) is 0 Å². The molecular formula is C15H18N4OS. The average molecular weight is 302 g/mol. The molecular weight excluding hydrogens is 284 g/mol. The highest BCUT2D eigenvalue weighted by Gasteiger charge is 2.26. The van der Waals surface area contributed by atoms with Crippen LogP contribution in [0.15, 0.2) is 35.7 Å². The fraction of sp³-hybridized carbons (Fsp3) is 0.333. The minimum atomic E-state index is -0.0679. The molecule has 0 aliphatic carbocycles. The molecule has 110 valence electrons. The highest BCUT2D eigenvalue weighted by atomic mass is 32.1. The van der Waals surface area contributed by atoms with Gasteiger partial charge in [-0.15, -0.1) is 11.3 Å². The molecule has 1 fully saturated rings. The predicted octanol–water partition coefficient (Wildman–Crippen LogP) is 3.17. The van der Waals surface area contributed by atoms with Crippen molar-refractivity contribution in [2.24, 2.45) is 0 Å². The Balaban J connectivity index is 1.53. The van der Waals surface area contributed by atoms with E-state index in [2.05, 4.69) is 15.6 Å². The van der Waals surface area contributed by atoms with Crippen molar-refractivity contribution in [3.63, 3.8) is 0 Å². The standard InChI is InChI=1S/C15H18N4OS/c1-11-10-21-14(16-11)18-15(20)19-8-7-13(9-19)17-12-5-3-2-4-6-12/h2-6,10,13,17H,7-9H2,1H3,(H,16,18,20). The minimum absolute atomic E-state index is 0.0679. The van der Waals surface area contributed by atoms with E-state index in [1.165, 1.54) is 11.3 Å². The van der Waals surface area contributed by atoms with Gasteiger partial charge in [-0.05, 0) is 25.5 Å². The number of rotatable bonds is 3. The zero-order valence-corrected chi connectivity index (χ0v) is 12.7. The third-order valence-electron chi connectivity index (χ3n) is 3.45. The Morgan fingerprint density at radius 3 is 2.90 bits per heavy atom. The van der Waals surface area contributed by atoms with Gasteiger partial charge in [0, 0.05) is 30.2 Å². The topological polar surface area (TPSA) is 57.3 Å². The van der Waals surface area contributed by atoms with E-state index < -0.39 is 0 Å². The van der Waals surface area contributed by atoms with Crippen LogP contribution in [0.5, 0.6) is 0 Å². The van der Waals surface area contributed by atoms with E-state index in [-0.39, 0.29) is 6.03 Å². The van der Waals surface area contributed by atoms with E-state index in [1.807, 2.05) is 47.5 Å². The summed E-state index contributed by atoms with van der Waals surface area (Å²) >= 11 is 1.45. The van der Waals surface area contributed by atoms with Crippen LogP contribution in [0.1, 0.15) is 12.1 Å². The average Bonchev–Trinajstić information content (AvgIpc) is 3.09. The Morgan fingerprint density at radius 1 is 1.38 bits per heavy atom. The lowest BCUT2D eigenvalue weighted by Gasteiger charge is -2.17. The lowest BCUT2D eigenvalue weighted by atomic mass is 10.2. The summed E-state index contributed by atoms with van der Waals surface area (Å²) in [5.74, 6) is 0. The molecule has 2 amide bonds. The fourth-order valence-corrected chi connectivity index (χ4v) is 3.09. The van der Waals surface area contributed by atoms with E-state index in [0.717, 1.165) is 24.3 Å². The molecule has 1 unspecified atom stereocenters. The van der Waals surface area contributed by atoms with Crippen molar-refractivity contribution in [3.8, 4) is 0 Å². The molecule has 0 bridgehead atoms. The van der Waals surface area contributed by atoms with Crippen LogP contribution in [0.4, 0.5) is 15.6 Å². The Hall–Kier alpha value is -2.08. The molecule has 21 heavy (non-hydrogen) atoms. The Morgan fingerprint density at radius 2 is 2.19 bits per heavy atom. The number of carbonyl (C=O) groups excluding carboxylic acids is 1. The number of carbonyl (C=O) groups is 1. The third kappa shape index (κ3) is 3.52. The molecule has 1 aliphatic heterocycles. The molecule has 6 heteroatoms. The lowest BCUT2D eigenvalue weighted by Crippen LogP contribution is -2.34. The monoisotopic (exact) mass is 302 g/mol. The summed E-state index contributed by atoms with van der Waals surface area (Å²) < 4.78 is 0. The molecule has 1 aromatic heterocycles. The van der Waals surface area contributed by atoms with Crippen molar-refractivity contribution >= 4 is 28.2 Å². The fourth-order valence-electron chi connectivity index (χ4n) is 2.41. The SMILES string of the molecule is Cc1csc(NC(=O)N2CCC(Nc3ccccc3)C2)n1. The van der Waals surface area contributed by atoms with E-state index in [4.69, 9.17) is 0 Å². The van der Waals surface area contributed by atoms with Crippen LogP contribution in [0.3, 0.4) is 0 Å². The molecule has 0 saturated carbocycles. The number of hydrogen-bond donors (Lipinski definition) is 2. The Labute approximate surface area is 128 Å². The number of aryl methyl sites for hydroxylation is 1. The maximum atomic E-state index is 12.2. The molecule has 0 radical (unpaired) electrons. The molecule has 1 aromatic carbocycles. The maximum absolute atomic E-state index is 12.2. The summed E-state index contributed by atoms with van der Waals surface area (Å²) in [5.41, 5.74) is 2.03. The van der Waals surface area contributed by atoms with Crippen molar-refractivity contribution < 1.29 is 4.79 Å². The third-order valence-corrected chi connectivity index (χ3v) is 4.33. The van der Waals surface area contributed by atoms with E-state index in [9.17, 15) is 4.79 Å². The molecule has 2 aromatic rings. The number of nitrogens with one attached hydrogen (secondary N) is 2. The van der Waals surface area contributed by atoms with Crippen LogP contribution >= 0.6 is 11.3 Å². The second-order valence-corrected chi connectivity index (χ2v) is 6.02. The second kappa shape index (κ2) is 6.13. The van der Waals surface area contributed by atoms with E-state index in [0.29, 0.717) is 17.7 Å². The number of para-hydroxylation sites is 1. The summed E-state index contributed by atoms with van der Waals surface area (Å²) in [4.78, 5) is 18.3. The number of likely N-dealkylation sites (tertiary alicyclic amines) is 1. The van der Waals surface area contributed by atoms with Gasteiger partial charge in [0.15, 0.2) is 5.13 Å². The summed E-state index contributed by atoms with van der Waals surface area (Å²) in [6.45, 7) is 3.40. The highest BCUT2D eigenvalue weighted by molar-refractivity contribution is 7.13. The van der Waals surface area contributed by atoms with Crippen molar-refractivity contribution in [1.29, 1.82) is 0 Å². The molecule has 0 spiro atoms. The van der Waals surface area contributed by atoms with Gasteiger partial charge in [0.25, 0.3) is 0 Å². The summed E-state index contributed by atoms with van der Waals surface area (Å²) in [7, 11) is 0. The first-order valence-corrected chi connectivity index (χ1v) is 7.88. The number of nitrogens with zero attached hydrogens (tertiary/aromatic N) is 2. The van der Waals surface area contributed by atoms with Crippen molar-refractivity contribution in [1.82, 2.24) is 9.88 Å². The van der Waals surface area contributed by atoms with Crippen LogP contribution in [-0.4, -0.2) is 35.0 Å². The second-order valence-electron chi connectivity index (χ2n) is 5.17. The van der Waals surface area contributed by atoms with Gasteiger partial charge in [-0.1, -0.05) is 18.2 Å². The van der Waals surface area contributed by atoms with Crippen LogP contribution < -0.4 is 10.6 Å². The number of thiazole rings is 1. The van der Waals surface area contributed by atoms with Crippen LogP contribution in [0, 0.1) is 6.92 Å². The number of aromatic nitrogens is 1. The summed E-state index contributed by atoms with van der Waals surface area (Å²) in [6, 6.07) is 10.3. The normalized spacial score (nSPS) is 17.8. The Kier molecular flexibility index (Phi) is 4.06.